The minimum atomic E-state index is -3.13. The summed E-state index contributed by atoms with van der Waals surface area (Å²) in [6, 6.07) is 7.41. The first-order valence-corrected chi connectivity index (χ1v) is 7.44. The number of hydrogen-bond acceptors (Lipinski definition) is 2. The minimum absolute atomic E-state index is 0.627. The van der Waals surface area contributed by atoms with Crippen molar-refractivity contribution in [1.82, 2.24) is 0 Å². The average Bonchev–Trinajstić information content (AvgIpc) is 1.91. The summed E-state index contributed by atoms with van der Waals surface area (Å²) in [7, 11) is -3.13. The molecule has 1 rings (SSSR count). The van der Waals surface area contributed by atoms with E-state index in [4.69, 9.17) is 0 Å². The molecule has 5 heteroatoms. The van der Waals surface area contributed by atoms with Gasteiger partial charge in [-0.1, -0.05) is 0 Å². The molecule has 0 bridgehead atoms. The molecule has 0 saturated carbocycles. The van der Waals surface area contributed by atoms with E-state index in [1.165, 1.54) is 3.12 Å². The summed E-state index contributed by atoms with van der Waals surface area (Å²) in [4.78, 5) is 0. The van der Waals surface area contributed by atoms with E-state index >= 15 is 0 Å². The first-order valence-electron chi connectivity index (χ1n) is 3.31. The Hall–Kier alpha value is -0.108. The molecule has 0 aliphatic heterocycles. The van der Waals surface area contributed by atoms with Crippen molar-refractivity contribution in [2.24, 2.45) is 0 Å². The summed E-state index contributed by atoms with van der Waals surface area (Å²) >= 11 is 0.794. The summed E-state index contributed by atoms with van der Waals surface area (Å²) < 4.78 is 25.2. The van der Waals surface area contributed by atoms with Crippen LogP contribution in [0.1, 0.15) is 0 Å². The molecule has 0 amide bonds. The Bertz CT molecular complexity index is 357. The van der Waals surface area contributed by atoms with Crippen LogP contribution in [0.15, 0.2) is 24.3 Å². The number of sulfonamides is 1. The molecule has 0 atom stereocenters. The third-order valence-corrected chi connectivity index (χ3v) is 3.32. The van der Waals surface area contributed by atoms with E-state index in [2.05, 4.69) is 4.72 Å². The van der Waals surface area contributed by atoms with Crippen LogP contribution in [0.4, 0.5) is 5.69 Å². The molecular formula is C7H8NO2STl. The molecular weight excluding hydrogens is 367 g/mol. The summed E-state index contributed by atoms with van der Waals surface area (Å²) in [5.74, 6) is 0. The molecule has 0 aromatic heterocycles. The molecule has 0 saturated heterocycles. The van der Waals surface area contributed by atoms with Gasteiger partial charge in [-0.3, -0.25) is 0 Å². The van der Waals surface area contributed by atoms with Gasteiger partial charge in [0.15, 0.2) is 0 Å². The Balaban J connectivity index is 2.85. The van der Waals surface area contributed by atoms with Crippen molar-refractivity contribution < 1.29 is 8.42 Å². The zero-order chi connectivity index (χ0) is 9.19. The van der Waals surface area contributed by atoms with Crippen LogP contribution in [0.2, 0.25) is 0 Å². The zero-order valence-electron chi connectivity index (χ0n) is 6.61. The molecule has 0 radical (unpaired) electrons. The Labute approximate surface area is 87.9 Å². The van der Waals surface area contributed by atoms with Crippen molar-refractivity contribution in [3.05, 3.63) is 24.3 Å². The predicted molar refractivity (Wildman–Crippen MR) is 50.3 cm³/mol. The first-order chi connectivity index (χ1) is 5.47. The molecule has 0 aliphatic carbocycles. The van der Waals surface area contributed by atoms with Crippen LogP contribution in [0, 0.1) is 0 Å². The van der Waals surface area contributed by atoms with Crippen LogP contribution in [0.5, 0.6) is 0 Å². The van der Waals surface area contributed by atoms with Gasteiger partial charge in [0.2, 0.25) is 0 Å². The fourth-order valence-electron chi connectivity index (χ4n) is 0.765. The summed E-state index contributed by atoms with van der Waals surface area (Å²) in [6.07, 6.45) is 1.14. The third-order valence-electron chi connectivity index (χ3n) is 1.21. The molecule has 62 valence electrons. The van der Waals surface area contributed by atoms with E-state index in [1.807, 2.05) is 12.1 Å². The van der Waals surface area contributed by atoms with Crippen molar-refractivity contribution >= 4 is 44.6 Å². The zero-order valence-corrected chi connectivity index (χ0v) is 11.9. The monoisotopic (exact) mass is 375 g/mol. The molecule has 1 aromatic carbocycles. The van der Waals surface area contributed by atoms with Crippen molar-refractivity contribution in [2.75, 3.05) is 11.0 Å². The van der Waals surface area contributed by atoms with E-state index in [-0.39, 0.29) is 0 Å². The van der Waals surface area contributed by atoms with Gasteiger partial charge >= 0.3 is 88.3 Å². The van der Waals surface area contributed by atoms with E-state index in [0.717, 1.165) is 32.0 Å². The Kier molecular flexibility index (Phi) is 3.11. The Morgan fingerprint density at radius 3 is 2.17 bits per heavy atom. The topological polar surface area (TPSA) is 46.2 Å². The molecule has 0 aliphatic rings. The molecule has 3 nitrogen and oxygen atoms in total. The van der Waals surface area contributed by atoms with Gasteiger partial charge < -0.3 is 0 Å². The summed E-state index contributed by atoms with van der Waals surface area (Å²) in [5, 5.41) is 0. The van der Waals surface area contributed by atoms with E-state index in [0.29, 0.717) is 5.69 Å². The molecule has 0 unspecified atom stereocenters. The second kappa shape index (κ2) is 3.74. The molecule has 1 N–H and O–H groups in total. The van der Waals surface area contributed by atoms with Gasteiger partial charge in [0.25, 0.3) is 0 Å². The number of nitrogens with one attached hydrogen (secondary N) is 1. The average molecular weight is 375 g/mol. The molecule has 1 aromatic rings. The SMILES string of the molecule is CS(=O)(=O)Nc1cc[c]([Tl])cc1. The van der Waals surface area contributed by atoms with Gasteiger partial charge in [0.05, 0.1) is 0 Å². The number of rotatable bonds is 2. The van der Waals surface area contributed by atoms with Crippen LogP contribution < -0.4 is 7.84 Å². The molecule has 12 heavy (non-hydrogen) atoms. The fourth-order valence-corrected chi connectivity index (χ4v) is 2.08. The third kappa shape index (κ3) is 3.53. The molecule has 0 heterocycles. The van der Waals surface area contributed by atoms with Gasteiger partial charge in [-0.05, 0) is 0 Å². The number of benzene rings is 1. The van der Waals surface area contributed by atoms with Crippen molar-refractivity contribution in [2.45, 2.75) is 0 Å². The predicted octanol–water partition coefficient (Wildman–Crippen LogP) is -0.148. The standard InChI is InChI=1S/C7H8NO2S.Tl/c1-11(9,10)8-7-5-3-2-4-6-7;/h3-6,8H,1H3;. The maximum absolute atomic E-state index is 10.8. The second-order valence-electron chi connectivity index (χ2n) is 2.50. The van der Waals surface area contributed by atoms with Crippen molar-refractivity contribution in [3.63, 3.8) is 0 Å². The van der Waals surface area contributed by atoms with Gasteiger partial charge in [-0.2, -0.15) is 0 Å². The first kappa shape index (κ1) is 9.98. The summed E-state index contributed by atoms with van der Waals surface area (Å²) in [5.41, 5.74) is 0.627. The normalized spacial score (nSPS) is 11.0. The van der Waals surface area contributed by atoms with Crippen molar-refractivity contribution in [3.8, 4) is 0 Å². The second-order valence-corrected chi connectivity index (χ2v) is 6.84. The van der Waals surface area contributed by atoms with Crippen LogP contribution in [-0.2, 0) is 10.0 Å². The van der Waals surface area contributed by atoms with Crippen LogP contribution in [-0.4, -0.2) is 40.4 Å². The fraction of sp³-hybridized carbons (Fsp3) is 0.143. The number of hydrogen-bond donors (Lipinski definition) is 1. The Morgan fingerprint density at radius 1 is 1.25 bits per heavy atom. The Morgan fingerprint density at radius 2 is 1.75 bits per heavy atom. The van der Waals surface area contributed by atoms with Gasteiger partial charge in [0, 0.05) is 0 Å². The van der Waals surface area contributed by atoms with Crippen LogP contribution >= 0.6 is 0 Å². The van der Waals surface area contributed by atoms with Crippen molar-refractivity contribution in [1.29, 1.82) is 0 Å². The van der Waals surface area contributed by atoms with E-state index in [9.17, 15) is 8.42 Å². The number of anilines is 1. The molecule has 0 spiro atoms. The van der Waals surface area contributed by atoms with Crippen LogP contribution in [0.25, 0.3) is 0 Å². The van der Waals surface area contributed by atoms with Gasteiger partial charge in [-0.25, -0.2) is 0 Å². The quantitative estimate of drug-likeness (QED) is 0.732. The maximum atomic E-state index is 10.8. The van der Waals surface area contributed by atoms with E-state index < -0.39 is 10.0 Å². The van der Waals surface area contributed by atoms with Crippen LogP contribution in [0.3, 0.4) is 0 Å². The summed E-state index contributed by atoms with van der Waals surface area (Å²) in [6.45, 7) is 0. The molecule has 0 fully saturated rings. The van der Waals surface area contributed by atoms with Gasteiger partial charge in [0.1, 0.15) is 0 Å². The van der Waals surface area contributed by atoms with Gasteiger partial charge in [-0.15, -0.1) is 0 Å². The van der Waals surface area contributed by atoms with E-state index in [1.54, 1.807) is 12.1 Å².